The van der Waals surface area contributed by atoms with Gasteiger partial charge in [-0.2, -0.15) is 0 Å². The number of hydrogen-bond acceptors (Lipinski definition) is 3. The van der Waals surface area contributed by atoms with Gasteiger partial charge in [0.25, 0.3) is 0 Å². The van der Waals surface area contributed by atoms with Crippen LogP contribution in [0.3, 0.4) is 0 Å². The van der Waals surface area contributed by atoms with E-state index in [1.54, 1.807) is 4.90 Å². The van der Waals surface area contributed by atoms with Crippen LogP contribution in [0.2, 0.25) is 0 Å². The first-order valence-electron chi connectivity index (χ1n) is 9.53. The first-order valence-corrected chi connectivity index (χ1v) is 9.53. The predicted octanol–water partition coefficient (Wildman–Crippen LogP) is 2.81. The highest BCUT2D eigenvalue weighted by molar-refractivity contribution is 5.95. The van der Waals surface area contributed by atoms with Crippen LogP contribution in [0.1, 0.15) is 25.3 Å². The van der Waals surface area contributed by atoms with E-state index in [0.29, 0.717) is 13.0 Å². The average molecular weight is 365 g/mol. The highest BCUT2D eigenvalue weighted by Gasteiger charge is 2.38. The quantitative estimate of drug-likeness (QED) is 0.856. The van der Waals surface area contributed by atoms with Gasteiger partial charge in [0.1, 0.15) is 0 Å². The van der Waals surface area contributed by atoms with Crippen molar-refractivity contribution < 1.29 is 9.59 Å². The number of benzene rings is 2. The van der Waals surface area contributed by atoms with E-state index < -0.39 is 5.92 Å². The van der Waals surface area contributed by atoms with E-state index in [1.807, 2.05) is 55.5 Å². The van der Waals surface area contributed by atoms with E-state index in [-0.39, 0.29) is 17.9 Å². The molecule has 5 nitrogen and oxygen atoms in total. The molecule has 1 aliphatic rings. The fraction of sp³-hybridized carbons (Fsp3) is 0.364. The van der Waals surface area contributed by atoms with Gasteiger partial charge in [-0.05, 0) is 24.1 Å². The van der Waals surface area contributed by atoms with Crippen molar-refractivity contribution in [2.45, 2.75) is 32.4 Å². The third-order valence-corrected chi connectivity index (χ3v) is 5.21. The number of rotatable bonds is 6. The van der Waals surface area contributed by atoms with Crippen LogP contribution in [0.25, 0.3) is 0 Å². The van der Waals surface area contributed by atoms with Gasteiger partial charge in [0.15, 0.2) is 0 Å². The van der Waals surface area contributed by atoms with Gasteiger partial charge in [-0.1, -0.05) is 55.5 Å². The Morgan fingerprint density at radius 2 is 1.70 bits per heavy atom. The normalized spacial score (nSPS) is 20.2. The summed E-state index contributed by atoms with van der Waals surface area (Å²) in [6.45, 7) is 4.02. The minimum atomic E-state index is -0.391. The molecule has 0 spiro atoms. The smallest absolute Gasteiger partial charge is 0.226 e. The van der Waals surface area contributed by atoms with E-state index in [4.69, 9.17) is 5.73 Å². The zero-order valence-electron chi connectivity index (χ0n) is 15.8. The predicted molar refractivity (Wildman–Crippen MR) is 107 cm³/mol. The van der Waals surface area contributed by atoms with Crippen LogP contribution < -0.4 is 10.6 Å². The Balaban J connectivity index is 1.82. The standard InChI is InChI=1S/C22H27N3O2/c1-2-21(26)25(18-11-7-4-8-12-18)20-13-14-24(16-19(20)22(23)27)15-17-9-5-3-6-10-17/h3-12,19-20H,2,13-16H2,1H3,(H2,23,27). The Morgan fingerprint density at radius 3 is 2.30 bits per heavy atom. The number of carbonyl (C=O) groups excluding carboxylic acids is 2. The number of anilines is 1. The first-order chi connectivity index (χ1) is 13.1. The lowest BCUT2D eigenvalue weighted by Crippen LogP contribution is -2.56. The number of hydrogen-bond donors (Lipinski definition) is 1. The Kier molecular flexibility index (Phi) is 6.24. The second-order valence-electron chi connectivity index (χ2n) is 7.04. The van der Waals surface area contributed by atoms with E-state index in [1.165, 1.54) is 5.56 Å². The lowest BCUT2D eigenvalue weighted by atomic mass is 9.89. The minimum Gasteiger partial charge on any atom is -0.369 e. The third kappa shape index (κ3) is 4.55. The molecule has 3 rings (SSSR count). The molecule has 0 aliphatic carbocycles. The molecule has 142 valence electrons. The Hall–Kier alpha value is -2.66. The highest BCUT2D eigenvalue weighted by atomic mass is 16.2. The number of para-hydroxylation sites is 1. The number of piperidine rings is 1. The van der Waals surface area contributed by atoms with Crippen LogP contribution in [-0.4, -0.2) is 35.8 Å². The fourth-order valence-electron chi connectivity index (χ4n) is 3.86. The van der Waals surface area contributed by atoms with Gasteiger partial charge in [-0.15, -0.1) is 0 Å². The molecule has 2 aromatic rings. The molecule has 1 aliphatic heterocycles. The summed E-state index contributed by atoms with van der Waals surface area (Å²) in [5, 5.41) is 0. The summed E-state index contributed by atoms with van der Waals surface area (Å²) < 4.78 is 0. The van der Waals surface area contributed by atoms with Gasteiger partial charge < -0.3 is 10.6 Å². The number of carbonyl (C=O) groups is 2. The van der Waals surface area contributed by atoms with Crippen LogP contribution in [-0.2, 0) is 16.1 Å². The van der Waals surface area contributed by atoms with Gasteiger partial charge in [-0.25, -0.2) is 0 Å². The lowest BCUT2D eigenvalue weighted by molar-refractivity contribution is -0.125. The molecule has 0 radical (unpaired) electrons. The van der Waals surface area contributed by atoms with Crippen LogP contribution in [0, 0.1) is 5.92 Å². The summed E-state index contributed by atoms with van der Waals surface area (Å²) >= 11 is 0. The number of primary amides is 1. The second-order valence-corrected chi connectivity index (χ2v) is 7.04. The van der Waals surface area contributed by atoms with Crippen LogP contribution in [0.5, 0.6) is 0 Å². The number of nitrogens with zero attached hydrogens (tertiary/aromatic N) is 2. The van der Waals surface area contributed by atoms with Crippen LogP contribution in [0.4, 0.5) is 5.69 Å². The molecule has 2 N–H and O–H groups in total. The molecule has 5 heteroatoms. The van der Waals surface area contributed by atoms with E-state index >= 15 is 0 Å². The molecule has 1 heterocycles. The van der Waals surface area contributed by atoms with E-state index in [0.717, 1.165) is 25.2 Å². The maximum atomic E-state index is 12.7. The van der Waals surface area contributed by atoms with Crippen molar-refractivity contribution in [1.82, 2.24) is 4.90 Å². The molecule has 0 bridgehead atoms. The molecule has 27 heavy (non-hydrogen) atoms. The van der Waals surface area contributed by atoms with Gasteiger partial charge in [0.2, 0.25) is 11.8 Å². The second kappa shape index (κ2) is 8.82. The van der Waals surface area contributed by atoms with Crippen molar-refractivity contribution in [2.24, 2.45) is 11.7 Å². The topological polar surface area (TPSA) is 66.6 Å². The highest BCUT2D eigenvalue weighted by Crippen LogP contribution is 2.29. The summed E-state index contributed by atoms with van der Waals surface area (Å²) in [4.78, 5) is 29.0. The fourth-order valence-corrected chi connectivity index (χ4v) is 3.86. The van der Waals surface area contributed by atoms with Crippen LogP contribution in [0.15, 0.2) is 60.7 Å². The Bertz CT molecular complexity index is 764. The maximum absolute atomic E-state index is 12.7. The van der Waals surface area contributed by atoms with Crippen molar-refractivity contribution in [2.75, 3.05) is 18.0 Å². The Morgan fingerprint density at radius 1 is 1.07 bits per heavy atom. The van der Waals surface area contributed by atoms with Crippen molar-refractivity contribution in [3.8, 4) is 0 Å². The molecule has 0 saturated carbocycles. The van der Waals surface area contributed by atoms with Gasteiger partial charge in [-0.3, -0.25) is 14.5 Å². The summed E-state index contributed by atoms with van der Waals surface area (Å²) in [6, 6.07) is 19.6. The molecule has 2 amide bonds. The SMILES string of the molecule is CCC(=O)N(c1ccccc1)C1CCN(Cc2ccccc2)CC1C(N)=O. The maximum Gasteiger partial charge on any atom is 0.226 e. The average Bonchev–Trinajstić information content (AvgIpc) is 2.70. The van der Waals surface area contributed by atoms with Crippen molar-refractivity contribution in [3.05, 3.63) is 66.2 Å². The zero-order chi connectivity index (χ0) is 19.2. The summed E-state index contributed by atoms with van der Waals surface area (Å²) in [6.07, 6.45) is 1.12. The Labute approximate surface area is 160 Å². The van der Waals surface area contributed by atoms with Gasteiger partial charge in [0.05, 0.1) is 12.0 Å². The van der Waals surface area contributed by atoms with Gasteiger partial charge in [0, 0.05) is 31.7 Å². The van der Waals surface area contributed by atoms with Crippen molar-refractivity contribution >= 4 is 17.5 Å². The molecule has 2 unspecified atom stereocenters. The third-order valence-electron chi connectivity index (χ3n) is 5.21. The van der Waals surface area contributed by atoms with Crippen molar-refractivity contribution in [3.63, 3.8) is 0 Å². The summed E-state index contributed by atoms with van der Waals surface area (Å²) in [5.74, 6) is -0.713. The largest absolute Gasteiger partial charge is 0.369 e. The molecular formula is C22H27N3O2. The van der Waals surface area contributed by atoms with Crippen molar-refractivity contribution in [1.29, 1.82) is 0 Å². The minimum absolute atomic E-state index is 0.0222. The summed E-state index contributed by atoms with van der Waals surface area (Å²) in [7, 11) is 0. The first kappa shape index (κ1) is 19.1. The molecular weight excluding hydrogens is 338 g/mol. The zero-order valence-corrected chi connectivity index (χ0v) is 15.8. The van der Waals surface area contributed by atoms with Crippen LogP contribution >= 0.6 is 0 Å². The van der Waals surface area contributed by atoms with Gasteiger partial charge >= 0.3 is 0 Å². The molecule has 2 atom stereocenters. The molecule has 1 fully saturated rings. The molecule has 2 aromatic carbocycles. The number of nitrogens with two attached hydrogens (primary N) is 1. The monoisotopic (exact) mass is 365 g/mol. The lowest BCUT2D eigenvalue weighted by Gasteiger charge is -2.42. The number of likely N-dealkylation sites (tertiary alicyclic amines) is 1. The van der Waals surface area contributed by atoms with E-state index in [2.05, 4.69) is 17.0 Å². The number of amides is 2. The molecule has 0 aromatic heterocycles. The van der Waals surface area contributed by atoms with E-state index in [9.17, 15) is 9.59 Å². The molecule has 1 saturated heterocycles. The summed E-state index contributed by atoms with van der Waals surface area (Å²) in [5.41, 5.74) is 7.81.